The fourth-order valence-electron chi connectivity index (χ4n) is 1.90. The van der Waals surface area contributed by atoms with Crippen molar-refractivity contribution in [1.82, 2.24) is 0 Å². The Balaban J connectivity index is 2.06. The predicted molar refractivity (Wildman–Crippen MR) is 87.5 cm³/mol. The maximum atomic E-state index is 13.2. The van der Waals surface area contributed by atoms with Crippen molar-refractivity contribution in [3.8, 4) is 0 Å². The van der Waals surface area contributed by atoms with E-state index in [0.29, 0.717) is 0 Å². The molecule has 3 rings (SSSR count). The second-order valence-electron chi connectivity index (χ2n) is 4.09. The van der Waals surface area contributed by atoms with Crippen LogP contribution >= 0.6 is 54.5 Å². The van der Waals surface area contributed by atoms with Crippen LogP contribution in [-0.2, 0) is 0 Å². The molecule has 0 aliphatic heterocycles. The summed E-state index contributed by atoms with van der Waals surface area (Å²) in [4.78, 5) is 1.03. The van der Waals surface area contributed by atoms with E-state index in [1.807, 2.05) is 12.1 Å². The van der Waals surface area contributed by atoms with Gasteiger partial charge in [-0.2, -0.15) is 0 Å². The van der Waals surface area contributed by atoms with Gasteiger partial charge in [0, 0.05) is 15.1 Å². The highest BCUT2D eigenvalue weighted by Gasteiger charge is 2.17. The SMILES string of the molecule is NC(c1cc2ccc(F)cc2s1)c1cc(Br)sc1Br. The lowest BCUT2D eigenvalue weighted by molar-refractivity contribution is 0.630. The number of nitrogens with two attached hydrogens (primary N) is 1. The van der Waals surface area contributed by atoms with Crippen LogP contribution in [0, 0.1) is 5.82 Å². The summed E-state index contributed by atoms with van der Waals surface area (Å²) in [7, 11) is 0. The summed E-state index contributed by atoms with van der Waals surface area (Å²) < 4.78 is 16.2. The summed E-state index contributed by atoms with van der Waals surface area (Å²) in [6.07, 6.45) is 0. The number of hydrogen-bond acceptors (Lipinski definition) is 3. The summed E-state index contributed by atoms with van der Waals surface area (Å²) in [5, 5.41) is 1.03. The van der Waals surface area contributed by atoms with Crippen LogP contribution in [0.25, 0.3) is 10.1 Å². The van der Waals surface area contributed by atoms with Crippen LogP contribution in [0.4, 0.5) is 4.39 Å². The lowest BCUT2D eigenvalue weighted by Crippen LogP contribution is -2.09. The quantitative estimate of drug-likeness (QED) is 0.567. The van der Waals surface area contributed by atoms with E-state index in [4.69, 9.17) is 5.73 Å². The minimum Gasteiger partial charge on any atom is -0.320 e. The Morgan fingerprint density at radius 3 is 2.58 bits per heavy atom. The monoisotopic (exact) mass is 419 g/mol. The molecule has 1 atom stereocenters. The van der Waals surface area contributed by atoms with Crippen molar-refractivity contribution < 1.29 is 4.39 Å². The zero-order chi connectivity index (χ0) is 13.6. The molecule has 2 aromatic heterocycles. The lowest BCUT2D eigenvalue weighted by atomic mass is 10.1. The average molecular weight is 421 g/mol. The first-order chi connectivity index (χ1) is 9.04. The molecule has 98 valence electrons. The van der Waals surface area contributed by atoms with Gasteiger partial charge in [0.1, 0.15) is 5.82 Å². The van der Waals surface area contributed by atoms with Gasteiger partial charge in [-0.15, -0.1) is 22.7 Å². The third-order valence-corrected chi connectivity index (χ3v) is 6.39. The van der Waals surface area contributed by atoms with Gasteiger partial charge in [0.15, 0.2) is 0 Å². The minimum atomic E-state index is -0.214. The summed E-state index contributed by atoms with van der Waals surface area (Å²) in [6.45, 7) is 0. The van der Waals surface area contributed by atoms with Gasteiger partial charge in [0.05, 0.1) is 13.6 Å². The highest BCUT2D eigenvalue weighted by molar-refractivity contribution is 9.12. The van der Waals surface area contributed by atoms with E-state index in [1.54, 1.807) is 23.5 Å². The molecule has 0 fully saturated rings. The molecule has 0 spiro atoms. The Labute approximate surface area is 134 Å². The smallest absolute Gasteiger partial charge is 0.124 e. The van der Waals surface area contributed by atoms with Crippen molar-refractivity contribution >= 4 is 64.6 Å². The van der Waals surface area contributed by atoms with Crippen LogP contribution in [0.15, 0.2) is 37.9 Å². The standard InChI is InChI=1S/C13H8Br2FNS2/c14-11-5-8(13(15)19-11)12(17)10-3-6-1-2-7(16)4-9(6)18-10/h1-5,12H,17H2. The fraction of sp³-hybridized carbons (Fsp3) is 0.0769. The van der Waals surface area contributed by atoms with Crippen molar-refractivity contribution in [2.75, 3.05) is 0 Å². The third-order valence-electron chi connectivity index (χ3n) is 2.83. The Kier molecular flexibility index (Phi) is 3.79. The van der Waals surface area contributed by atoms with Gasteiger partial charge in [0.25, 0.3) is 0 Å². The Morgan fingerprint density at radius 2 is 1.89 bits per heavy atom. The summed E-state index contributed by atoms with van der Waals surface area (Å²) >= 11 is 10.1. The largest absolute Gasteiger partial charge is 0.320 e. The van der Waals surface area contributed by atoms with Crippen LogP contribution in [0.2, 0.25) is 0 Å². The fourth-order valence-corrected chi connectivity index (χ4v) is 5.94. The third kappa shape index (κ3) is 2.64. The zero-order valence-corrected chi connectivity index (χ0v) is 14.3. The van der Waals surface area contributed by atoms with E-state index in [9.17, 15) is 4.39 Å². The molecule has 1 nitrogen and oxygen atoms in total. The van der Waals surface area contributed by atoms with Crippen LogP contribution in [0.1, 0.15) is 16.5 Å². The van der Waals surface area contributed by atoms with E-state index < -0.39 is 0 Å². The first-order valence-corrected chi connectivity index (χ1v) is 8.66. The second kappa shape index (κ2) is 5.26. The Hall–Kier alpha value is -0.270. The van der Waals surface area contributed by atoms with Gasteiger partial charge in [-0.1, -0.05) is 6.07 Å². The number of rotatable bonds is 2. The van der Waals surface area contributed by atoms with Crippen LogP contribution in [0.3, 0.4) is 0 Å². The van der Waals surface area contributed by atoms with Gasteiger partial charge in [-0.3, -0.25) is 0 Å². The molecule has 0 saturated heterocycles. The van der Waals surface area contributed by atoms with E-state index in [2.05, 4.69) is 31.9 Å². The van der Waals surface area contributed by atoms with Crippen LogP contribution in [-0.4, -0.2) is 0 Å². The molecule has 0 aliphatic rings. The molecule has 0 amide bonds. The van der Waals surface area contributed by atoms with Gasteiger partial charge in [-0.05, 0) is 61.5 Å². The van der Waals surface area contributed by atoms with Crippen molar-refractivity contribution in [1.29, 1.82) is 0 Å². The number of benzene rings is 1. The number of hydrogen-bond donors (Lipinski definition) is 1. The topological polar surface area (TPSA) is 26.0 Å². The molecule has 1 unspecified atom stereocenters. The minimum absolute atomic E-state index is 0.197. The Morgan fingerprint density at radius 1 is 1.11 bits per heavy atom. The van der Waals surface area contributed by atoms with Crippen molar-refractivity contribution in [2.45, 2.75) is 6.04 Å². The maximum absolute atomic E-state index is 13.2. The van der Waals surface area contributed by atoms with Crippen molar-refractivity contribution in [3.05, 3.63) is 54.2 Å². The molecular weight excluding hydrogens is 413 g/mol. The van der Waals surface area contributed by atoms with Crippen LogP contribution in [0.5, 0.6) is 0 Å². The normalized spacial score (nSPS) is 13.1. The molecule has 3 aromatic rings. The van der Waals surface area contributed by atoms with Gasteiger partial charge < -0.3 is 5.73 Å². The van der Waals surface area contributed by atoms with E-state index >= 15 is 0 Å². The van der Waals surface area contributed by atoms with Gasteiger partial charge in [-0.25, -0.2) is 4.39 Å². The molecule has 0 radical (unpaired) electrons. The second-order valence-corrected chi connectivity index (χ2v) is 8.95. The molecule has 0 aliphatic carbocycles. The van der Waals surface area contributed by atoms with Crippen molar-refractivity contribution in [2.24, 2.45) is 5.73 Å². The van der Waals surface area contributed by atoms with Gasteiger partial charge >= 0.3 is 0 Å². The first kappa shape index (κ1) is 13.7. The molecule has 6 heteroatoms. The molecular formula is C13H8Br2FNS2. The molecule has 0 saturated carbocycles. The average Bonchev–Trinajstić information content (AvgIpc) is 2.91. The lowest BCUT2D eigenvalue weighted by Gasteiger charge is -2.07. The number of fused-ring (bicyclic) bond motifs is 1. The first-order valence-electron chi connectivity index (χ1n) is 5.44. The zero-order valence-electron chi connectivity index (χ0n) is 9.49. The Bertz CT molecular complexity index is 750. The summed E-state index contributed by atoms with van der Waals surface area (Å²) in [6, 6.07) is 8.66. The maximum Gasteiger partial charge on any atom is 0.124 e. The predicted octanol–water partition coefficient (Wildman–Crippen LogP) is 5.68. The molecule has 19 heavy (non-hydrogen) atoms. The number of halogens is 3. The van der Waals surface area contributed by atoms with Crippen LogP contribution < -0.4 is 5.73 Å². The van der Waals surface area contributed by atoms with Crippen molar-refractivity contribution in [3.63, 3.8) is 0 Å². The van der Waals surface area contributed by atoms with E-state index in [-0.39, 0.29) is 11.9 Å². The molecule has 2 N–H and O–H groups in total. The number of thiophene rings is 2. The van der Waals surface area contributed by atoms with E-state index in [0.717, 1.165) is 28.1 Å². The van der Waals surface area contributed by atoms with Gasteiger partial charge in [0.2, 0.25) is 0 Å². The molecule has 2 heterocycles. The molecule has 1 aromatic carbocycles. The highest BCUT2D eigenvalue weighted by Crippen LogP contribution is 2.39. The summed E-state index contributed by atoms with van der Waals surface area (Å²) in [5.41, 5.74) is 7.35. The summed E-state index contributed by atoms with van der Waals surface area (Å²) in [5.74, 6) is -0.214. The highest BCUT2D eigenvalue weighted by atomic mass is 79.9. The van der Waals surface area contributed by atoms with E-state index in [1.165, 1.54) is 17.4 Å². The molecule has 0 bridgehead atoms.